The highest BCUT2D eigenvalue weighted by Crippen LogP contribution is 2.33. The molecule has 0 spiro atoms. The van der Waals surface area contributed by atoms with Crippen molar-refractivity contribution in [1.82, 2.24) is 5.32 Å². The molecule has 1 nitrogen and oxygen atoms in total. The molecule has 0 aromatic heterocycles. The van der Waals surface area contributed by atoms with E-state index in [0.717, 1.165) is 6.42 Å². The summed E-state index contributed by atoms with van der Waals surface area (Å²) in [5.41, 5.74) is -1.71. The third-order valence-corrected chi connectivity index (χ3v) is 2.14. The lowest BCUT2D eigenvalue weighted by Gasteiger charge is -2.32. The molecule has 0 aromatic rings. The van der Waals surface area contributed by atoms with E-state index in [2.05, 4.69) is 5.32 Å². The number of rotatable bonds is 5. The maximum Gasteiger partial charge on any atom is 0.406 e. The standard InChI is InChI=1S/C9H18F3N/c1-4-6-8(3,9(10,11)12)13-7-5-2/h13H,4-7H2,1-3H3. The van der Waals surface area contributed by atoms with Crippen LogP contribution in [0.15, 0.2) is 0 Å². The average Bonchev–Trinajstić information content (AvgIpc) is 1.99. The van der Waals surface area contributed by atoms with Gasteiger partial charge >= 0.3 is 6.18 Å². The lowest BCUT2D eigenvalue weighted by Crippen LogP contribution is -2.54. The molecular weight excluding hydrogens is 179 g/mol. The van der Waals surface area contributed by atoms with Crippen molar-refractivity contribution in [2.75, 3.05) is 6.54 Å². The van der Waals surface area contributed by atoms with Gasteiger partial charge in [-0.2, -0.15) is 13.2 Å². The van der Waals surface area contributed by atoms with Gasteiger partial charge < -0.3 is 5.32 Å². The minimum atomic E-state index is -4.15. The fourth-order valence-electron chi connectivity index (χ4n) is 1.23. The van der Waals surface area contributed by atoms with Crippen molar-refractivity contribution in [3.05, 3.63) is 0 Å². The second kappa shape index (κ2) is 4.84. The Morgan fingerprint density at radius 2 is 1.62 bits per heavy atom. The molecule has 0 amide bonds. The van der Waals surface area contributed by atoms with Crippen LogP contribution < -0.4 is 5.32 Å². The van der Waals surface area contributed by atoms with Crippen LogP contribution in [0.2, 0.25) is 0 Å². The SMILES string of the molecule is CCCNC(C)(CCC)C(F)(F)F. The highest BCUT2D eigenvalue weighted by molar-refractivity contribution is 4.90. The molecule has 0 aliphatic rings. The smallest absolute Gasteiger partial charge is 0.304 e. The van der Waals surface area contributed by atoms with E-state index in [1.54, 1.807) is 6.92 Å². The predicted octanol–water partition coefficient (Wildman–Crippen LogP) is 3.11. The van der Waals surface area contributed by atoms with Crippen LogP contribution in [0.4, 0.5) is 13.2 Å². The molecule has 0 saturated heterocycles. The topological polar surface area (TPSA) is 12.0 Å². The van der Waals surface area contributed by atoms with E-state index in [1.807, 2.05) is 6.92 Å². The molecule has 0 aliphatic heterocycles. The molecule has 0 rings (SSSR count). The van der Waals surface area contributed by atoms with Gasteiger partial charge in [0.25, 0.3) is 0 Å². The molecule has 0 heterocycles. The zero-order valence-corrected chi connectivity index (χ0v) is 8.46. The zero-order valence-electron chi connectivity index (χ0n) is 8.46. The molecule has 13 heavy (non-hydrogen) atoms. The number of alkyl halides is 3. The summed E-state index contributed by atoms with van der Waals surface area (Å²) in [7, 11) is 0. The highest BCUT2D eigenvalue weighted by atomic mass is 19.4. The van der Waals surface area contributed by atoms with Gasteiger partial charge in [-0.15, -0.1) is 0 Å². The number of halogens is 3. The molecule has 0 bridgehead atoms. The fourth-order valence-corrected chi connectivity index (χ4v) is 1.23. The Kier molecular flexibility index (Phi) is 4.75. The minimum absolute atomic E-state index is 0.135. The number of nitrogens with one attached hydrogen (secondary N) is 1. The van der Waals surface area contributed by atoms with E-state index >= 15 is 0 Å². The van der Waals surface area contributed by atoms with Gasteiger partial charge in [-0.05, 0) is 26.3 Å². The summed E-state index contributed by atoms with van der Waals surface area (Å²) in [5.74, 6) is 0. The van der Waals surface area contributed by atoms with Gasteiger partial charge in [-0.1, -0.05) is 20.3 Å². The van der Waals surface area contributed by atoms with Crippen molar-refractivity contribution < 1.29 is 13.2 Å². The van der Waals surface area contributed by atoms with Crippen molar-refractivity contribution >= 4 is 0 Å². The van der Waals surface area contributed by atoms with Crippen molar-refractivity contribution in [2.24, 2.45) is 0 Å². The monoisotopic (exact) mass is 197 g/mol. The van der Waals surface area contributed by atoms with Gasteiger partial charge in [0.05, 0.1) is 0 Å². The lowest BCUT2D eigenvalue weighted by molar-refractivity contribution is -0.193. The quantitative estimate of drug-likeness (QED) is 0.714. The van der Waals surface area contributed by atoms with E-state index in [0.29, 0.717) is 13.0 Å². The van der Waals surface area contributed by atoms with Crippen molar-refractivity contribution in [3.63, 3.8) is 0 Å². The second-order valence-corrected chi connectivity index (χ2v) is 3.51. The Bertz CT molecular complexity index is 144. The minimum Gasteiger partial charge on any atom is -0.304 e. The van der Waals surface area contributed by atoms with E-state index < -0.39 is 11.7 Å². The largest absolute Gasteiger partial charge is 0.406 e. The van der Waals surface area contributed by atoms with Crippen molar-refractivity contribution in [1.29, 1.82) is 0 Å². The number of hydrogen-bond donors (Lipinski definition) is 1. The Balaban J connectivity index is 4.34. The molecule has 80 valence electrons. The molecule has 4 heteroatoms. The van der Waals surface area contributed by atoms with E-state index in [-0.39, 0.29) is 6.42 Å². The number of hydrogen-bond acceptors (Lipinski definition) is 1. The summed E-state index contributed by atoms with van der Waals surface area (Å²) in [6, 6.07) is 0. The van der Waals surface area contributed by atoms with Crippen LogP contribution in [-0.2, 0) is 0 Å². The molecule has 0 aromatic carbocycles. The molecule has 0 aliphatic carbocycles. The second-order valence-electron chi connectivity index (χ2n) is 3.51. The van der Waals surface area contributed by atoms with Gasteiger partial charge in [0.15, 0.2) is 0 Å². The fraction of sp³-hybridized carbons (Fsp3) is 1.00. The van der Waals surface area contributed by atoms with Gasteiger partial charge in [0, 0.05) is 0 Å². The van der Waals surface area contributed by atoms with E-state index in [1.165, 1.54) is 6.92 Å². The van der Waals surface area contributed by atoms with E-state index in [4.69, 9.17) is 0 Å². The van der Waals surface area contributed by atoms with Gasteiger partial charge in [-0.25, -0.2) is 0 Å². The maximum atomic E-state index is 12.6. The van der Waals surface area contributed by atoms with Crippen LogP contribution in [0.5, 0.6) is 0 Å². The molecular formula is C9H18F3N. The summed E-state index contributed by atoms with van der Waals surface area (Å²) in [6.07, 6.45) is -2.77. The first-order chi connectivity index (χ1) is 5.87. The maximum absolute atomic E-state index is 12.6. The first kappa shape index (κ1) is 12.8. The summed E-state index contributed by atoms with van der Waals surface area (Å²) in [5, 5.41) is 2.56. The summed E-state index contributed by atoms with van der Waals surface area (Å²) >= 11 is 0. The first-order valence-electron chi connectivity index (χ1n) is 4.69. The van der Waals surface area contributed by atoms with Crippen LogP contribution in [0, 0.1) is 0 Å². The molecule has 0 saturated carbocycles. The lowest BCUT2D eigenvalue weighted by atomic mass is 9.95. The molecule has 1 unspecified atom stereocenters. The van der Waals surface area contributed by atoms with Crippen LogP contribution in [0.1, 0.15) is 40.0 Å². The van der Waals surface area contributed by atoms with Gasteiger partial charge in [0.1, 0.15) is 5.54 Å². The summed E-state index contributed by atoms with van der Waals surface area (Å²) < 4.78 is 37.7. The third kappa shape index (κ3) is 3.55. The average molecular weight is 197 g/mol. The molecule has 0 radical (unpaired) electrons. The molecule has 1 atom stereocenters. The van der Waals surface area contributed by atoms with Crippen LogP contribution in [0.3, 0.4) is 0 Å². The Morgan fingerprint density at radius 1 is 1.08 bits per heavy atom. The molecule has 1 N–H and O–H groups in total. The van der Waals surface area contributed by atoms with Gasteiger partial charge in [-0.3, -0.25) is 0 Å². The summed E-state index contributed by atoms with van der Waals surface area (Å²) in [6.45, 7) is 5.26. The Morgan fingerprint density at radius 3 is 1.92 bits per heavy atom. The van der Waals surface area contributed by atoms with Crippen LogP contribution >= 0.6 is 0 Å². The molecule has 0 fully saturated rings. The van der Waals surface area contributed by atoms with Crippen molar-refractivity contribution in [3.8, 4) is 0 Å². The van der Waals surface area contributed by atoms with Gasteiger partial charge in [0.2, 0.25) is 0 Å². The zero-order chi connectivity index (χ0) is 10.5. The Labute approximate surface area is 77.7 Å². The predicted molar refractivity (Wildman–Crippen MR) is 47.7 cm³/mol. The summed E-state index contributed by atoms with van der Waals surface area (Å²) in [4.78, 5) is 0. The Hall–Kier alpha value is -0.250. The third-order valence-electron chi connectivity index (χ3n) is 2.14. The van der Waals surface area contributed by atoms with Crippen LogP contribution in [0.25, 0.3) is 0 Å². The van der Waals surface area contributed by atoms with Crippen LogP contribution in [-0.4, -0.2) is 18.3 Å². The normalized spacial score (nSPS) is 17.1. The first-order valence-corrected chi connectivity index (χ1v) is 4.69. The van der Waals surface area contributed by atoms with E-state index in [9.17, 15) is 13.2 Å². The highest BCUT2D eigenvalue weighted by Gasteiger charge is 2.49. The van der Waals surface area contributed by atoms with Crippen molar-refractivity contribution in [2.45, 2.75) is 51.7 Å².